The van der Waals surface area contributed by atoms with Gasteiger partial charge in [0, 0.05) is 19.2 Å². The van der Waals surface area contributed by atoms with Crippen LogP contribution in [-0.2, 0) is 16.1 Å². The van der Waals surface area contributed by atoms with Crippen molar-refractivity contribution in [1.29, 1.82) is 0 Å². The minimum atomic E-state index is -0.487. The van der Waals surface area contributed by atoms with Crippen molar-refractivity contribution in [2.45, 2.75) is 6.54 Å². The molecule has 2 aliphatic rings. The second-order valence-electron chi connectivity index (χ2n) is 7.00. The van der Waals surface area contributed by atoms with E-state index >= 15 is 0 Å². The van der Waals surface area contributed by atoms with Gasteiger partial charge in [-0.1, -0.05) is 18.2 Å². The Hall–Kier alpha value is -3.24. The van der Waals surface area contributed by atoms with Crippen molar-refractivity contribution in [3.8, 4) is 0 Å². The predicted molar refractivity (Wildman–Crippen MR) is 114 cm³/mol. The van der Waals surface area contributed by atoms with Gasteiger partial charge in [-0.25, -0.2) is 4.39 Å². The van der Waals surface area contributed by atoms with Gasteiger partial charge in [0.05, 0.1) is 29.6 Å². The SMILES string of the molecule is O=C1S/C(=C\c2ccc(N3CCOCC3)c([N+](=O)[O-])c2)C(=O)N1Cc1ccc(F)cc1. The number of ether oxygens (including phenoxy) is 1. The van der Waals surface area contributed by atoms with Crippen LogP contribution in [0.1, 0.15) is 11.1 Å². The smallest absolute Gasteiger partial charge is 0.293 e. The van der Waals surface area contributed by atoms with E-state index in [2.05, 4.69) is 0 Å². The van der Waals surface area contributed by atoms with Gasteiger partial charge >= 0.3 is 0 Å². The summed E-state index contributed by atoms with van der Waals surface area (Å²) in [4.78, 5) is 39.3. The lowest BCUT2D eigenvalue weighted by Gasteiger charge is -2.28. The van der Waals surface area contributed by atoms with Gasteiger partial charge in [-0.15, -0.1) is 0 Å². The van der Waals surface area contributed by atoms with E-state index in [4.69, 9.17) is 4.74 Å². The second-order valence-corrected chi connectivity index (χ2v) is 7.99. The molecule has 8 nitrogen and oxygen atoms in total. The number of nitro groups is 1. The van der Waals surface area contributed by atoms with E-state index in [1.807, 2.05) is 4.90 Å². The Kier molecular flexibility index (Phi) is 6.01. The topological polar surface area (TPSA) is 93.0 Å². The molecule has 0 aliphatic carbocycles. The van der Waals surface area contributed by atoms with E-state index in [1.165, 1.54) is 36.4 Å². The first-order chi connectivity index (χ1) is 14.9. The van der Waals surface area contributed by atoms with Crippen LogP contribution in [0, 0.1) is 15.9 Å². The zero-order chi connectivity index (χ0) is 22.0. The largest absolute Gasteiger partial charge is 0.378 e. The summed E-state index contributed by atoms with van der Waals surface area (Å²) in [5.41, 5.74) is 1.50. The van der Waals surface area contributed by atoms with Crippen LogP contribution in [0.2, 0.25) is 0 Å². The molecule has 0 atom stereocenters. The molecule has 10 heteroatoms. The van der Waals surface area contributed by atoms with Gasteiger partial charge in [-0.2, -0.15) is 0 Å². The maximum Gasteiger partial charge on any atom is 0.293 e. The zero-order valence-electron chi connectivity index (χ0n) is 16.3. The van der Waals surface area contributed by atoms with Crippen molar-refractivity contribution in [1.82, 2.24) is 4.90 Å². The number of hydrogen-bond donors (Lipinski definition) is 0. The Morgan fingerprint density at radius 3 is 2.52 bits per heavy atom. The maximum absolute atomic E-state index is 13.1. The van der Waals surface area contributed by atoms with Crippen LogP contribution in [0.15, 0.2) is 47.4 Å². The Morgan fingerprint density at radius 2 is 1.84 bits per heavy atom. The number of halogens is 1. The Balaban J connectivity index is 1.57. The van der Waals surface area contributed by atoms with Crippen molar-refractivity contribution in [2.75, 3.05) is 31.2 Å². The highest BCUT2D eigenvalue weighted by Gasteiger charge is 2.35. The number of morpholine rings is 1. The quantitative estimate of drug-likeness (QED) is 0.394. The number of amides is 2. The number of benzene rings is 2. The molecular formula is C21H18FN3O5S. The summed E-state index contributed by atoms with van der Waals surface area (Å²) >= 11 is 0.773. The van der Waals surface area contributed by atoms with Gasteiger partial charge in [0.15, 0.2) is 0 Å². The van der Waals surface area contributed by atoms with Crippen LogP contribution >= 0.6 is 11.8 Å². The fourth-order valence-electron chi connectivity index (χ4n) is 3.41. The molecule has 4 rings (SSSR count). The molecule has 0 bridgehead atoms. The second kappa shape index (κ2) is 8.86. The zero-order valence-corrected chi connectivity index (χ0v) is 17.1. The lowest BCUT2D eigenvalue weighted by Crippen LogP contribution is -2.36. The molecule has 2 fully saturated rings. The normalized spacial score (nSPS) is 18.2. The predicted octanol–water partition coefficient (Wildman–Crippen LogP) is 3.81. The lowest BCUT2D eigenvalue weighted by molar-refractivity contribution is -0.384. The first-order valence-electron chi connectivity index (χ1n) is 9.53. The average Bonchev–Trinajstić information content (AvgIpc) is 3.03. The van der Waals surface area contributed by atoms with Gasteiger partial charge in [0.2, 0.25) is 0 Å². The standard InChI is InChI=1S/C21H18FN3O5S/c22-16-4-1-14(2-5-16)13-24-20(26)19(31-21(24)27)12-15-3-6-17(18(11-15)25(28)29)23-7-9-30-10-8-23/h1-6,11-12H,7-10,13H2/b19-12-. The number of carbonyl (C=O) groups excluding carboxylic acids is 2. The third-order valence-corrected chi connectivity index (χ3v) is 5.88. The minimum Gasteiger partial charge on any atom is -0.378 e. The van der Waals surface area contributed by atoms with Crippen molar-refractivity contribution in [2.24, 2.45) is 0 Å². The average molecular weight is 443 g/mol. The van der Waals surface area contributed by atoms with E-state index in [-0.39, 0.29) is 17.1 Å². The summed E-state index contributed by atoms with van der Waals surface area (Å²) in [5, 5.41) is 11.2. The Morgan fingerprint density at radius 1 is 1.13 bits per heavy atom. The molecule has 0 aromatic heterocycles. The molecule has 2 aromatic carbocycles. The molecule has 0 N–H and O–H groups in total. The van der Waals surface area contributed by atoms with Crippen molar-refractivity contribution in [3.63, 3.8) is 0 Å². The number of carbonyl (C=O) groups is 2. The van der Waals surface area contributed by atoms with Crippen molar-refractivity contribution in [3.05, 3.63) is 74.4 Å². The van der Waals surface area contributed by atoms with Crippen molar-refractivity contribution >= 4 is 40.4 Å². The highest BCUT2D eigenvalue weighted by Crippen LogP contribution is 2.35. The van der Waals surface area contributed by atoms with Crippen LogP contribution in [0.4, 0.5) is 20.6 Å². The van der Waals surface area contributed by atoms with Crippen LogP contribution < -0.4 is 4.90 Å². The van der Waals surface area contributed by atoms with Crippen LogP contribution in [-0.4, -0.2) is 47.3 Å². The Labute approximate surface area is 181 Å². The molecule has 0 spiro atoms. The molecule has 0 radical (unpaired) electrons. The molecule has 0 saturated carbocycles. The number of nitro benzene ring substituents is 1. The number of hydrogen-bond acceptors (Lipinski definition) is 7. The van der Waals surface area contributed by atoms with E-state index in [0.717, 1.165) is 16.7 Å². The van der Waals surface area contributed by atoms with Crippen molar-refractivity contribution < 1.29 is 23.6 Å². The molecule has 2 heterocycles. The van der Waals surface area contributed by atoms with Crippen LogP contribution in [0.25, 0.3) is 6.08 Å². The monoisotopic (exact) mass is 443 g/mol. The highest BCUT2D eigenvalue weighted by atomic mass is 32.2. The van der Waals surface area contributed by atoms with Crippen LogP contribution in [0.5, 0.6) is 0 Å². The maximum atomic E-state index is 13.1. The lowest BCUT2D eigenvalue weighted by atomic mass is 10.1. The van der Waals surface area contributed by atoms with E-state index < -0.39 is 21.9 Å². The first-order valence-corrected chi connectivity index (χ1v) is 10.3. The third-order valence-electron chi connectivity index (χ3n) is 4.97. The van der Waals surface area contributed by atoms with Gasteiger partial charge in [0.1, 0.15) is 11.5 Å². The highest BCUT2D eigenvalue weighted by molar-refractivity contribution is 8.18. The van der Waals surface area contributed by atoms with Gasteiger partial charge < -0.3 is 9.64 Å². The summed E-state index contributed by atoms with van der Waals surface area (Å²) in [6.45, 7) is 2.14. The number of thioether (sulfide) groups is 1. The molecular weight excluding hydrogens is 425 g/mol. The first kappa shape index (κ1) is 21.0. The fourth-order valence-corrected chi connectivity index (χ4v) is 4.25. The number of imide groups is 1. The summed E-state index contributed by atoms with van der Waals surface area (Å²) in [6.07, 6.45) is 1.48. The number of rotatable bonds is 5. The molecule has 2 aromatic rings. The molecule has 0 unspecified atom stereocenters. The van der Waals surface area contributed by atoms with E-state index in [0.29, 0.717) is 43.1 Å². The molecule has 160 valence electrons. The third kappa shape index (κ3) is 4.59. The van der Waals surface area contributed by atoms with E-state index in [1.54, 1.807) is 12.1 Å². The summed E-state index contributed by atoms with van der Waals surface area (Å²) in [7, 11) is 0. The Bertz CT molecular complexity index is 1070. The fraction of sp³-hybridized carbons (Fsp3) is 0.238. The van der Waals surface area contributed by atoms with E-state index in [9.17, 15) is 24.1 Å². The minimum absolute atomic E-state index is 0.0262. The van der Waals surface area contributed by atoms with Crippen LogP contribution in [0.3, 0.4) is 0 Å². The molecule has 2 saturated heterocycles. The summed E-state index contributed by atoms with van der Waals surface area (Å²) in [6, 6.07) is 10.3. The van der Waals surface area contributed by atoms with Gasteiger partial charge in [-0.05, 0) is 47.2 Å². The number of nitrogens with zero attached hydrogens (tertiary/aromatic N) is 3. The van der Waals surface area contributed by atoms with Gasteiger partial charge in [0.25, 0.3) is 16.8 Å². The summed E-state index contributed by atoms with van der Waals surface area (Å²) in [5.74, 6) is -0.890. The number of anilines is 1. The molecule has 2 aliphatic heterocycles. The molecule has 2 amide bonds. The molecule has 31 heavy (non-hydrogen) atoms. The summed E-state index contributed by atoms with van der Waals surface area (Å²) < 4.78 is 18.4. The van der Waals surface area contributed by atoms with Gasteiger partial charge in [-0.3, -0.25) is 24.6 Å².